The topological polar surface area (TPSA) is 35.5 Å². The van der Waals surface area contributed by atoms with Gasteiger partial charge >= 0.3 is 0 Å². The van der Waals surface area contributed by atoms with Crippen LogP contribution < -0.4 is 5.32 Å². The van der Waals surface area contributed by atoms with E-state index >= 15 is 0 Å². The van der Waals surface area contributed by atoms with Crippen molar-refractivity contribution in [3.63, 3.8) is 0 Å². The van der Waals surface area contributed by atoms with Crippen LogP contribution in [0.2, 0.25) is 0 Å². The average molecular weight is 240 g/mol. The Hall–Kier alpha value is -0.120. The molecule has 2 aliphatic rings. The maximum Gasteiger partial charge on any atom is 0.0580 e. The number of likely N-dealkylation sites (tertiary alicyclic amines) is 1. The van der Waals surface area contributed by atoms with Crippen molar-refractivity contribution >= 4 is 0 Å². The summed E-state index contributed by atoms with van der Waals surface area (Å²) >= 11 is 0. The molecule has 0 aromatic heterocycles. The van der Waals surface area contributed by atoms with Crippen molar-refractivity contribution in [2.75, 3.05) is 26.2 Å². The van der Waals surface area contributed by atoms with Crippen LogP contribution in [0, 0.1) is 5.92 Å². The molecule has 0 spiro atoms. The Morgan fingerprint density at radius 2 is 1.94 bits per heavy atom. The number of hydrogen-bond acceptors (Lipinski definition) is 3. The van der Waals surface area contributed by atoms with Crippen molar-refractivity contribution in [1.29, 1.82) is 0 Å². The molecule has 2 rings (SSSR count). The SMILES string of the molecule is CCCN1CCC(NCC2CCCC2O)CC1. The van der Waals surface area contributed by atoms with Gasteiger partial charge in [-0.25, -0.2) is 0 Å². The highest BCUT2D eigenvalue weighted by Gasteiger charge is 2.26. The zero-order chi connectivity index (χ0) is 12.1. The largest absolute Gasteiger partial charge is 0.393 e. The second-order valence-corrected chi connectivity index (χ2v) is 5.78. The third kappa shape index (κ3) is 3.94. The minimum Gasteiger partial charge on any atom is -0.393 e. The molecule has 0 radical (unpaired) electrons. The molecular formula is C14H28N2O. The first-order valence-electron chi connectivity index (χ1n) is 7.43. The molecule has 17 heavy (non-hydrogen) atoms. The van der Waals surface area contributed by atoms with Gasteiger partial charge in [-0.2, -0.15) is 0 Å². The van der Waals surface area contributed by atoms with Crippen LogP contribution in [0.5, 0.6) is 0 Å². The number of nitrogens with zero attached hydrogens (tertiary/aromatic N) is 1. The molecular weight excluding hydrogens is 212 g/mol. The van der Waals surface area contributed by atoms with Gasteiger partial charge in [-0.3, -0.25) is 0 Å². The number of aliphatic hydroxyl groups is 1. The number of nitrogens with one attached hydrogen (secondary N) is 1. The van der Waals surface area contributed by atoms with Crippen LogP contribution in [0.15, 0.2) is 0 Å². The van der Waals surface area contributed by atoms with Gasteiger partial charge in [0.15, 0.2) is 0 Å². The van der Waals surface area contributed by atoms with E-state index in [2.05, 4.69) is 17.1 Å². The first-order valence-corrected chi connectivity index (χ1v) is 7.43. The molecule has 2 fully saturated rings. The Kier molecular flexibility index (Phi) is 5.26. The van der Waals surface area contributed by atoms with Gasteiger partial charge in [-0.15, -0.1) is 0 Å². The van der Waals surface area contributed by atoms with Crippen LogP contribution >= 0.6 is 0 Å². The summed E-state index contributed by atoms with van der Waals surface area (Å²) in [4.78, 5) is 2.57. The molecule has 0 aromatic carbocycles. The quantitative estimate of drug-likeness (QED) is 0.766. The average Bonchev–Trinajstić information content (AvgIpc) is 2.75. The lowest BCUT2D eigenvalue weighted by Crippen LogP contribution is -2.44. The molecule has 3 heteroatoms. The molecule has 2 unspecified atom stereocenters. The van der Waals surface area contributed by atoms with Crippen LogP contribution in [0.4, 0.5) is 0 Å². The van der Waals surface area contributed by atoms with E-state index in [9.17, 15) is 5.11 Å². The first-order chi connectivity index (χ1) is 8.29. The Balaban J connectivity index is 1.61. The van der Waals surface area contributed by atoms with Crippen LogP contribution in [0.25, 0.3) is 0 Å². The Morgan fingerprint density at radius 3 is 2.53 bits per heavy atom. The van der Waals surface area contributed by atoms with Crippen molar-refractivity contribution < 1.29 is 5.11 Å². The molecule has 2 N–H and O–H groups in total. The lowest BCUT2D eigenvalue weighted by Gasteiger charge is -2.33. The molecule has 3 nitrogen and oxygen atoms in total. The predicted octanol–water partition coefficient (Wildman–Crippen LogP) is 1.61. The van der Waals surface area contributed by atoms with E-state index in [1.807, 2.05) is 0 Å². The van der Waals surface area contributed by atoms with Crippen molar-refractivity contribution in [1.82, 2.24) is 10.2 Å². The van der Waals surface area contributed by atoms with Gasteiger partial charge < -0.3 is 15.3 Å². The maximum atomic E-state index is 9.78. The first kappa shape index (κ1) is 13.3. The Labute approximate surface area is 106 Å². The number of hydrogen-bond donors (Lipinski definition) is 2. The third-order valence-corrected chi connectivity index (χ3v) is 4.42. The van der Waals surface area contributed by atoms with Gasteiger partial charge in [0.05, 0.1) is 6.10 Å². The monoisotopic (exact) mass is 240 g/mol. The smallest absolute Gasteiger partial charge is 0.0580 e. The minimum absolute atomic E-state index is 0.0392. The molecule has 0 bridgehead atoms. The van der Waals surface area contributed by atoms with E-state index in [1.165, 1.54) is 51.7 Å². The maximum absolute atomic E-state index is 9.78. The van der Waals surface area contributed by atoms with Gasteiger partial charge in [-0.1, -0.05) is 13.3 Å². The van der Waals surface area contributed by atoms with Gasteiger partial charge in [0.1, 0.15) is 0 Å². The van der Waals surface area contributed by atoms with Crippen molar-refractivity contribution in [2.45, 2.75) is 57.6 Å². The van der Waals surface area contributed by atoms with Crippen LogP contribution in [0.3, 0.4) is 0 Å². The second kappa shape index (κ2) is 6.72. The molecule has 1 aliphatic carbocycles. The molecule has 100 valence electrons. The lowest BCUT2D eigenvalue weighted by molar-refractivity contribution is 0.125. The fourth-order valence-corrected chi connectivity index (χ4v) is 3.25. The van der Waals surface area contributed by atoms with Crippen LogP contribution in [0.1, 0.15) is 45.4 Å². The molecule has 2 atom stereocenters. The highest BCUT2D eigenvalue weighted by Crippen LogP contribution is 2.25. The normalized spacial score (nSPS) is 32.1. The fraction of sp³-hybridized carbons (Fsp3) is 1.00. The van der Waals surface area contributed by atoms with Gasteiger partial charge in [0.25, 0.3) is 0 Å². The predicted molar refractivity (Wildman–Crippen MR) is 71.1 cm³/mol. The fourth-order valence-electron chi connectivity index (χ4n) is 3.25. The highest BCUT2D eigenvalue weighted by atomic mass is 16.3. The second-order valence-electron chi connectivity index (χ2n) is 5.78. The van der Waals surface area contributed by atoms with Crippen molar-refractivity contribution in [3.8, 4) is 0 Å². The number of piperidine rings is 1. The standard InChI is InChI=1S/C14H28N2O/c1-2-8-16-9-6-13(7-10-16)15-11-12-4-3-5-14(12)17/h12-15,17H,2-11H2,1H3. The van der Waals surface area contributed by atoms with Gasteiger partial charge in [0.2, 0.25) is 0 Å². The summed E-state index contributed by atoms with van der Waals surface area (Å²) < 4.78 is 0. The Bertz CT molecular complexity index is 214. The van der Waals surface area contributed by atoms with Crippen LogP contribution in [-0.4, -0.2) is 48.3 Å². The van der Waals surface area contributed by atoms with Crippen molar-refractivity contribution in [2.24, 2.45) is 5.92 Å². The minimum atomic E-state index is -0.0392. The summed E-state index contributed by atoms with van der Waals surface area (Å²) in [6.07, 6.45) is 7.23. The third-order valence-electron chi connectivity index (χ3n) is 4.42. The van der Waals surface area contributed by atoms with Crippen LogP contribution in [-0.2, 0) is 0 Å². The molecule has 1 aliphatic heterocycles. The molecule has 1 saturated heterocycles. The molecule has 0 aromatic rings. The lowest BCUT2D eigenvalue weighted by atomic mass is 10.0. The summed E-state index contributed by atoms with van der Waals surface area (Å²) in [6, 6.07) is 0.691. The van der Waals surface area contributed by atoms with E-state index in [0.29, 0.717) is 12.0 Å². The Morgan fingerprint density at radius 1 is 1.18 bits per heavy atom. The molecule has 0 amide bonds. The summed E-state index contributed by atoms with van der Waals surface area (Å²) in [5, 5.41) is 13.5. The van der Waals surface area contributed by atoms with E-state index < -0.39 is 0 Å². The zero-order valence-corrected chi connectivity index (χ0v) is 11.2. The van der Waals surface area contributed by atoms with Gasteiger partial charge in [0, 0.05) is 12.6 Å². The van der Waals surface area contributed by atoms with E-state index in [4.69, 9.17) is 0 Å². The van der Waals surface area contributed by atoms with Gasteiger partial charge in [-0.05, 0) is 57.7 Å². The number of rotatable bonds is 5. The summed E-state index contributed by atoms with van der Waals surface area (Å²) in [5.74, 6) is 0.517. The van der Waals surface area contributed by atoms with E-state index in [0.717, 1.165) is 13.0 Å². The highest BCUT2D eigenvalue weighted by molar-refractivity contribution is 4.82. The number of aliphatic hydroxyl groups excluding tert-OH is 1. The summed E-state index contributed by atoms with van der Waals surface area (Å²) in [6.45, 7) is 7.04. The zero-order valence-electron chi connectivity index (χ0n) is 11.2. The van der Waals surface area contributed by atoms with Crippen molar-refractivity contribution in [3.05, 3.63) is 0 Å². The summed E-state index contributed by atoms with van der Waals surface area (Å²) in [7, 11) is 0. The van der Waals surface area contributed by atoms with E-state index in [-0.39, 0.29) is 6.10 Å². The summed E-state index contributed by atoms with van der Waals surface area (Å²) in [5.41, 5.74) is 0. The van der Waals surface area contributed by atoms with E-state index in [1.54, 1.807) is 0 Å². The molecule has 1 heterocycles. The molecule has 1 saturated carbocycles.